The first kappa shape index (κ1) is 11.4. The Morgan fingerprint density at radius 1 is 1.35 bits per heavy atom. The van der Waals surface area contributed by atoms with Gasteiger partial charge in [0.05, 0.1) is 11.9 Å². The fraction of sp³-hybridized carbons (Fsp3) is 0.182. The third-order valence-electron chi connectivity index (χ3n) is 2.17. The van der Waals surface area contributed by atoms with E-state index in [0.29, 0.717) is 12.1 Å². The number of aromatic amines is 1. The predicted molar refractivity (Wildman–Crippen MR) is 59.0 cm³/mol. The van der Waals surface area contributed by atoms with Crippen molar-refractivity contribution in [2.75, 3.05) is 5.32 Å². The molecule has 0 aliphatic rings. The summed E-state index contributed by atoms with van der Waals surface area (Å²) >= 11 is 0. The van der Waals surface area contributed by atoms with Crippen LogP contribution in [0.5, 0.6) is 5.75 Å². The number of ether oxygens (including phenoxy) is 1. The lowest BCUT2D eigenvalue weighted by Gasteiger charge is -2.10. The Balaban J connectivity index is 2.04. The second kappa shape index (κ2) is 5.29. The zero-order valence-electron chi connectivity index (χ0n) is 8.86. The van der Waals surface area contributed by atoms with Crippen molar-refractivity contribution in [3.8, 4) is 5.75 Å². The number of alkyl halides is 2. The van der Waals surface area contributed by atoms with Crippen LogP contribution in [0.4, 0.5) is 14.5 Å². The molecule has 1 aromatic carbocycles. The summed E-state index contributed by atoms with van der Waals surface area (Å²) in [6.07, 6.45) is 3.28. The van der Waals surface area contributed by atoms with E-state index in [1.807, 2.05) is 0 Å². The van der Waals surface area contributed by atoms with E-state index in [1.54, 1.807) is 30.6 Å². The van der Waals surface area contributed by atoms with E-state index < -0.39 is 6.61 Å². The highest BCUT2D eigenvalue weighted by Gasteiger charge is 2.08. The Morgan fingerprint density at radius 2 is 2.18 bits per heavy atom. The molecule has 0 amide bonds. The molecular weight excluding hydrogens is 228 g/mol. The third-order valence-corrected chi connectivity index (χ3v) is 2.17. The predicted octanol–water partition coefficient (Wildman–Crippen LogP) is 2.62. The van der Waals surface area contributed by atoms with Gasteiger partial charge >= 0.3 is 6.61 Å². The van der Waals surface area contributed by atoms with Gasteiger partial charge in [0.2, 0.25) is 0 Å². The van der Waals surface area contributed by atoms with Gasteiger partial charge in [-0.05, 0) is 6.07 Å². The van der Waals surface area contributed by atoms with Gasteiger partial charge in [0, 0.05) is 18.3 Å². The van der Waals surface area contributed by atoms with Crippen LogP contribution in [0.25, 0.3) is 0 Å². The first-order valence-corrected chi connectivity index (χ1v) is 5.01. The van der Waals surface area contributed by atoms with Crippen molar-refractivity contribution in [3.05, 3.63) is 42.2 Å². The molecule has 90 valence electrons. The molecule has 2 aromatic rings. The molecular formula is C11H11F2N3O. The molecule has 4 nitrogen and oxygen atoms in total. The topological polar surface area (TPSA) is 49.9 Å². The molecule has 2 rings (SSSR count). The molecule has 6 heteroatoms. The van der Waals surface area contributed by atoms with Crippen molar-refractivity contribution >= 4 is 5.69 Å². The summed E-state index contributed by atoms with van der Waals surface area (Å²) in [5.74, 6) is 0.179. The van der Waals surface area contributed by atoms with E-state index in [-0.39, 0.29) is 5.75 Å². The molecule has 0 saturated heterocycles. The number of hydrogen-bond acceptors (Lipinski definition) is 3. The molecule has 0 spiro atoms. The van der Waals surface area contributed by atoms with E-state index >= 15 is 0 Å². The molecule has 0 aliphatic carbocycles. The first-order valence-electron chi connectivity index (χ1n) is 5.01. The smallest absolute Gasteiger partial charge is 0.387 e. The largest absolute Gasteiger partial charge is 0.434 e. The Morgan fingerprint density at radius 3 is 2.88 bits per heavy atom. The number of hydrogen-bond donors (Lipinski definition) is 2. The molecule has 0 unspecified atom stereocenters. The Labute approximate surface area is 96.6 Å². The molecule has 0 bridgehead atoms. The van der Waals surface area contributed by atoms with E-state index in [2.05, 4.69) is 20.3 Å². The lowest BCUT2D eigenvalue weighted by atomic mass is 10.2. The number of rotatable bonds is 5. The minimum Gasteiger partial charge on any atom is -0.434 e. The van der Waals surface area contributed by atoms with Crippen LogP contribution in [0.1, 0.15) is 5.56 Å². The maximum absolute atomic E-state index is 12.2. The highest BCUT2D eigenvalue weighted by atomic mass is 19.3. The highest BCUT2D eigenvalue weighted by molar-refractivity contribution is 5.41. The van der Waals surface area contributed by atoms with Crippen molar-refractivity contribution in [2.24, 2.45) is 0 Å². The standard InChI is InChI=1S/C11H11F2N3O/c12-11(13)17-10-4-2-1-3-8(10)5-14-9-6-15-16-7-9/h1-4,6-7,11,14H,5H2,(H,15,16). The number of aromatic nitrogens is 2. The number of nitrogens with one attached hydrogen (secondary N) is 2. The number of para-hydroxylation sites is 1. The SMILES string of the molecule is FC(F)Oc1ccccc1CNc1cn[nH]c1. The minimum absolute atomic E-state index is 0.179. The van der Waals surface area contributed by atoms with Crippen molar-refractivity contribution in [1.82, 2.24) is 10.2 Å². The van der Waals surface area contributed by atoms with Gasteiger partial charge in [-0.1, -0.05) is 18.2 Å². The fourth-order valence-corrected chi connectivity index (χ4v) is 1.41. The van der Waals surface area contributed by atoms with Crippen molar-refractivity contribution in [2.45, 2.75) is 13.2 Å². The number of H-pyrrole nitrogens is 1. The van der Waals surface area contributed by atoms with Gasteiger partial charge in [-0.3, -0.25) is 5.10 Å². The van der Waals surface area contributed by atoms with Crippen LogP contribution in [0.2, 0.25) is 0 Å². The second-order valence-electron chi connectivity index (χ2n) is 3.33. The van der Waals surface area contributed by atoms with Crippen LogP contribution in [-0.4, -0.2) is 16.8 Å². The van der Waals surface area contributed by atoms with Gasteiger partial charge in [-0.2, -0.15) is 13.9 Å². The van der Waals surface area contributed by atoms with Crippen LogP contribution >= 0.6 is 0 Å². The van der Waals surface area contributed by atoms with Crippen LogP contribution in [0, 0.1) is 0 Å². The summed E-state index contributed by atoms with van der Waals surface area (Å²) in [6, 6.07) is 6.66. The first-order chi connectivity index (χ1) is 8.25. The summed E-state index contributed by atoms with van der Waals surface area (Å²) in [5, 5.41) is 9.45. The van der Waals surface area contributed by atoms with Crippen molar-refractivity contribution in [1.29, 1.82) is 0 Å². The monoisotopic (exact) mass is 239 g/mol. The lowest BCUT2D eigenvalue weighted by Crippen LogP contribution is -2.06. The van der Waals surface area contributed by atoms with Gasteiger partial charge in [0.25, 0.3) is 0 Å². The number of halogens is 2. The molecule has 0 saturated carbocycles. The minimum atomic E-state index is -2.81. The molecule has 1 aromatic heterocycles. The molecule has 0 radical (unpaired) electrons. The lowest BCUT2D eigenvalue weighted by molar-refractivity contribution is -0.0504. The van der Waals surface area contributed by atoms with Gasteiger partial charge in [0.15, 0.2) is 0 Å². The maximum Gasteiger partial charge on any atom is 0.387 e. The van der Waals surface area contributed by atoms with Crippen LogP contribution in [-0.2, 0) is 6.54 Å². The van der Waals surface area contributed by atoms with Gasteiger partial charge in [-0.25, -0.2) is 0 Å². The summed E-state index contributed by atoms with van der Waals surface area (Å²) < 4.78 is 28.7. The van der Waals surface area contributed by atoms with Crippen LogP contribution in [0.15, 0.2) is 36.7 Å². The number of benzene rings is 1. The molecule has 17 heavy (non-hydrogen) atoms. The summed E-state index contributed by atoms with van der Waals surface area (Å²) in [7, 11) is 0. The van der Waals surface area contributed by atoms with Gasteiger partial charge in [-0.15, -0.1) is 0 Å². The van der Waals surface area contributed by atoms with Gasteiger partial charge in [0.1, 0.15) is 5.75 Å². The third kappa shape index (κ3) is 3.17. The summed E-state index contributed by atoms with van der Waals surface area (Å²) in [6.45, 7) is -2.42. The number of anilines is 1. The van der Waals surface area contributed by atoms with E-state index in [4.69, 9.17) is 0 Å². The quantitative estimate of drug-likeness (QED) is 0.843. The fourth-order valence-electron chi connectivity index (χ4n) is 1.41. The second-order valence-corrected chi connectivity index (χ2v) is 3.33. The van der Waals surface area contributed by atoms with Crippen molar-refractivity contribution in [3.63, 3.8) is 0 Å². The average Bonchev–Trinajstić information content (AvgIpc) is 2.80. The normalized spacial score (nSPS) is 10.5. The van der Waals surface area contributed by atoms with Gasteiger partial charge < -0.3 is 10.1 Å². The average molecular weight is 239 g/mol. The van der Waals surface area contributed by atoms with E-state index in [1.165, 1.54) is 6.07 Å². The Kier molecular flexibility index (Phi) is 3.54. The molecule has 0 atom stereocenters. The molecule has 1 heterocycles. The maximum atomic E-state index is 12.2. The summed E-state index contributed by atoms with van der Waals surface area (Å²) in [5.41, 5.74) is 1.45. The van der Waals surface area contributed by atoms with Crippen LogP contribution < -0.4 is 10.1 Å². The number of nitrogens with zero attached hydrogens (tertiary/aromatic N) is 1. The van der Waals surface area contributed by atoms with Crippen molar-refractivity contribution < 1.29 is 13.5 Å². The molecule has 0 fully saturated rings. The zero-order chi connectivity index (χ0) is 12.1. The summed E-state index contributed by atoms with van der Waals surface area (Å²) in [4.78, 5) is 0. The Bertz CT molecular complexity index is 459. The van der Waals surface area contributed by atoms with E-state index in [9.17, 15) is 8.78 Å². The molecule has 0 aliphatic heterocycles. The Hall–Kier alpha value is -2.11. The zero-order valence-corrected chi connectivity index (χ0v) is 8.86. The highest BCUT2D eigenvalue weighted by Crippen LogP contribution is 2.21. The van der Waals surface area contributed by atoms with Crippen LogP contribution in [0.3, 0.4) is 0 Å². The van der Waals surface area contributed by atoms with E-state index in [0.717, 1.165) is 5.69 Å². The molecule has 2 N–H and O–H groups in total.